The van der Waals surface area contributed by atoms with Crippen LogP contribution in [0.3, 0.4) is 0 Å². The molecule has 0 aliphatic heterocycles. The molecule has 8 nitrogen and oxygen atoms in total. The van der Waals surface area contributed by atoms with Gasteiger partial charge in [-0.3, -0.25) is 5.10 Å². The zero-order valence-electron chi connectivity index (χ0n) is 10.8. The van der Waals surface area contributed by atoms with Gasteiger partial charge in [0.15, 0.2) is 0 Å². The minimum atomic E-state index is 0.413. The van der Waals surface area contributed by atoms with Gasteiger partial charge in [0, 0.05) is 23.5 Å². The number of aromatic nitrogens is 8. The van der Waals surface area contributed by atoms with Gasteiger partial charge in [0.2, 0.25) is 0 Å². The number of H-pyrrole nitrogens is 2. The van der Waals surface area contributed by atoms with E-state index in [0.717, 1.165) is 22.3 Å². The Hall–Kier alpha value is -3.29. The largest absolute Gasteiger partial charge is 0.290 e. The van der Waals surface area contributed by atoms with Crippen LogP contribution in [0, 0.1) is 0 Å². The average molecular weight is 278 g/mol. The minimum Gasteiger partial charge on any atom is -0.285 e. The number of hydrogen-bond acceptors (Lipinski definition) is 5. The first-order chi connectivity index (χ1) is 10.4. The molecule has 0 spiro atoms. The fraction of sp³-hybridized carbons (Fsp3) is 0. The maximum Gasteiger partial charge on any atom is 0.290 e. The van der Waals surface area contributed by atoms with Gasteiger partial charge in [-0.15, -0.1) is 5.10 Å². The summed E-state index contributed by atoms with van der Waals surface area (Å²) in [4.78, 5) is 0. The average Bonchev–Trinajstić information content (AvgIpc) is 3.27. The maximum absolute atomic E-state index is 4.22. The number of hydrogen-bond donors (Lipinski definition) is 2. The van der Waals surface area contributed by atoms with E-state index < -0.39 is 0 Å². The molecule has 0 fully saturated rings. The predicted molar refractivity (Wildman–Crippen MR) is 74.3 cm³/mol. The van der Waals surface area contributed by atoms with Crippen molar-refractivity contribution < 1.29 is 0 Å². The van der Waals surface area contributed by atoms with Crippen LogP contribution in [0.25, 0.3) is 28.2 Å². The summed E-state index contributed by atoms with van der Waals surface area (Å²) < 4.78 is 1.57. The van der Waals surface area contributed by atoms with E-state index in [-0.39, 0.29) is 0 Å². The van der Waals surface area contributed by atoms with E-state index in [4.69, 9.17) is 0 Å². The van der Waals surface area contributed by atoms with Crippen molar-refractivity contribution in [3.05, 3.63) is 49.1 Å². The zero-order chi connectivity index (χ0) is 14.1. The molecule has 2 N–H and O–H groups in total. The highest BCUT2D eigenvalue weighted by molar-refractivity contribution is 5.69. The van der Waals surface area contributed by atoms with Crippen LogP contribution in [-0.2, 0) is 0 Å². The monoisotopic (exact) mass is 278 g/mol. The third kappa shape index (κ3) is 2.08. The molecule has 1 aromatic carbocycles. The molecule has 0 aliphatic carbocycles. The number of rotatable bonds is 3. The zero-order valence-corrected chi connectivity index (χ0v) is 10.8. The molecule has 0 aliphatic rings. The van der Waals surface area contributed by atoms with Crippen LogP contribution in [0.2, 0.25) is 0 Å². The molecule has 0 radical (unpaired) electrons. The van der Waals surface area contributed by atoms with E-state index in [2.05, 4.69) is 35.9 Å². The van der Waals surface area contributed by atoms with Gasteiger partial charge in [-0.25, -0.2) is 4.68 Å². The Labute approximate surface area is 118 Å². The third-order valence-electron chi connectivity index (χ3n) is 3.17. The Morgan fingerprint density at radius 3 is 2.38 bits per heavy atom. The normalized spacial score (nSPS) is 10.9. The first-order valence-electron chi connectivity index (χ1n) is 6.28. The Bertz CT molecular complexity index is 827. The van der Waals surface area contributed by atoms with Crippen molar-refractivity contribution in [2.75, 3.05) is 0 Å². The number of nitrogens with zero attached hydrogens (tertiary/aromatic N) is 6. The molecule has 0 unspecified atom stereocenters. The summed E-state index contributed by atoms with van der Waals surface area (Å²) >= 11 is 0. The van der Waals surface area contributed by atoms with Gasteiger partial charge in [-0.05, 0) is 16.3 Å². The van der Waals surface area contributed by atoms with E-state index in [1.807, 2.05) is 36.7 Å². The molecule has 4 aromatic rings. The fourth-order valence-electron chi connectivity index (χ4n) is 2.10. The molecule has 21 heavy (non-hydrogen) atoms. The lowest BCUT2D eigenvalue weighted by Gasteiger charge is -2.00. The highest BCUT2D eigenvalue weighted by Gasteiger charge is 2.07. The first kappa shape index (κ1) is 11.5. The summed E-state index contributed by atoms with van der Waals surface area (Å²) in [6.45, 7) is 0. The molecule has 0 saturated carbocycles. The van der Waals surface area contributed by atoms with Crippen LogP contribution in [0.4, 0.5) is 0 Å². The van der Waals surface area contributed by atoms with Crippen LogP contribution in [-0.4, -0.2) is 40.6 Å². The van der Waals surface area contributed by atoms with Crippen LogP contribution in [0.15, 0.2) is 49.1 Å². The van der Waals surface area contributed by atoms with Gasteiger partial charge in [-0.1, -0.05) is 29.4 Å². The van der Waals surface area contributed by atoms with Crippen LogP contribution < -0.4 is 0 Å². The van der Waals surface area contributed by atoms with E-state index in [1.165, 1.54) is 0 Å². The molecule has 8 heteroatoms. The highest BCUT2D eigenvalue weighted by atomic mass is 15.5. The lowest BCUT2D eigenvalue weighted by atomic mass is 10.0. The number of nitrogens with one attached hydrogen (secondary N) is 2. The lowest BCUT2D eigenvalue weighted by Crippen LogP contribution is -1.96. The van der Waals surface area contributed by atoms with Gasteiger partial charge in [0.25, 0.3) is 5.95 Å². The van der Waals surface area contributed by atoms with Gasteiger partial charge in [0.05, 0.1) is 12.4 Å². The third-order valence-corrected chi connectivity index (χ3v) is 3.17. The second-order valence-electron chi connectivity index (χ2n) is 4.45. The summed E-state index contributed by atoms with van der Waals surface area (Å²) in [6, 6.07) is 8.18. The molecule has 0 saturated heterocycles. The Morgan fingerprint density at radius 2 is 1.71 bits per heavy atom. The van der Waals surface area contributed by atoms with Crippen LogP contribution in [0.5, 0.6) is 0 Å². The van der Waals surface area contributed by atoms with Gasteiger partial charge in [-0.2, -0.15) is 15.4 Å². The molecule has 0 amide bonds. The minimum absolute atomic E-state index is 0.413. The van der Waals surface area contributed by atoms with Crippen molar-refractivity contribution in [2.24, 2.45) is 0 Å². The molecular weight excluding hydrogens is 268 g/mol. The summed E-state index contributed by atoms with van der Waals surface area (Å²) in [7, 11) is 0. The van der Waals surface area contributed by atoms with Crippen molar-refractivity contribution >= 4 is 0 Å². The van der Waals surface area contributed by atoms with Crippen LogP contribution in [0.1, 0.15) is 0 Å². The van der Waals surface area contributed by atoms with E-state index in [1.54, 1.807) is 17.1 Å². The fourth-order valence-corrected chi connectivity index (χ4v) is 2.10. The van der Waals surface area contributed by atoms with Crippen molar-refractivity contribution in [3.63, 3.8) is 0 Å². The molecule has 0 bridgehead atoms. The standard InChI is InChI=1S/C13H10N8/c1-3-10(4-2-9(1)11-5-14-15-6-11)12-7-16-21(8-12)13-17-19-20-18-13/h1-8H,(H,14,15)(H,17,18,19,20). The maximum atomic E-state index is 4.22. The molecule has 4 rings (SSSR count). The number of tetrazole rings is 1. The molecule has 3 aromatic heterocycles. The summed E-state index contributed by atoms with van der Waals surface area (Å²) in [5.41, 5.74) is 4.22. The summed E-state index contributed by atoms with van der Waals surface area (Å²) in [6.07, 6.45) is 7.29. The van der Waals surface area contributed by atoms with Gasteiger partial charge in [0.1, 0.15) is 0 Å². The molecule has 102 valence electrons. The van der Waals surface area contributed by atoms with Crippen molar-refractivity contribution in [2.45, 2.75) is 0 Å². The summed E-state index contributed by atoms with van der Waals surface area (Å²) in [5.74, 6) is 0.413. The van der Waals surface area contributed by atoms with Crippen molar-refractivity contribution in [1.82, 2.24) is 40.6 Å². The van der Waals surface area contributed by atoms with Gasteiger partial charge >= 0.3 is 0 Å². The van der Waals surface area contributed by atoms with E-state index in [0.29, 0.717) is 5.95 Å². The SMILES string of the molecule is c1cc(-c2cnn(-c3nn[nH]n3)c2)ccc1-c1cn[nH]c1. The van der Waals surface area contributed by atoms with Crippen molar-refractivity contribution in [3.8, 4) is 28.2 Å². The molecule has 3 heterocycles. The van der Waals surface area contributed by atoms with E-state index >= 15 is 0 Å². The quantitative estimate of drug-likeness (QED) is 0.590. The second-order valence-corrected chi connectivity index (χ2v) is 4.45. The second kappa shape index (κ2) is 4.67. The van der Waals surface area contributed by atoms with Crippen molar-refractivity contribution in [1.29, 1.82) is 0 Å². The van der Waals surface area contributed by atoms with E-state index in [9.17, 15) is 0 Å². The lowest BCUT2D eigenvalue weighted by molar-refractivity contribution is 0.812. The predicted octanol–water partition coefficient (Wildman–Crippen LogP) is 1.44. The van der Waals surface area contributed by atoms with Crippen LogP contribution >= 0.6 is 0 Å². The highest BCUT2D eigenvalue weighted by Crippen LogP contribution is 2.24. The Kier molecular flexibility index (Phi) is 2.57. The van der Waals surface area contributed by atoms with Gasteiger partial charge < -0.3 is 0 Å². The molecular formula is C13H10N8. The number of benzene rings is 1. The summed E-state index contributed by atoms with van der Waals surface area (Å²) in [5, 5.41) is 24.7. The smallest absolute Gasteiger partial charge is 0.285 e. The Balaban J connectivity index is 1.65. The topological polar surface area (TPSA) is 101 Å². The first-order valence-corrected chi connectivity index (χ1v) is 6.28. The molecule has 0 atom stereocenters. The Morgan fingerprint density at radius 1 is 0.905 bits per heavy atom. The number of aromatic amines is 2.